The average Bonchev–Trinajstić information content (AvgIpc) is 2.27. The zero-order valence-electron chi connectivity index (χ0n) is 9.66. The molecule has 3 nitrogen and oxygen atoms in total. The van der Waals surface area contributed by atoms with Crippen LogP contribution in [-0.4, -0.2) is 29.6 Å². The van der Waals surface area contributed by atoms with Crippen LogP contribution in [-0.2, 0) is 13.0 Å². The first-order valence-electron chi connectivity index (χ1n) is 5.47. The average molecular weight is 206 g/mol. The first-order valence-corrected chi connectivity index (χ1v) is 5.47. The van der Waals surface area contributed by atoms with E-state index >= 15 is 0 Å². The van der Waals surface area contributed by atoms with Crippen molar-refractivity contribution in [3.8, 4) is 5.88 Å². The fourth-order valence-electron chi connectivity index (χ4n) is 2.08. The molecule has 1 aliphatic heterocycles. The summed E-state index contributed by atoms with van der Waals surface area (Å²) in [5.74, 6) is 0.790. The molecule has 1 aromatic heterocycles. The fourth-order valence-corrected chi connectivity index (χ4v) is 2.08. The number of hydrogen-bond acceptors (Lipinski definition) is 3. The molecule has 0 atom stereocenters. The van der Waals surface area contributed by atoms with Crippen LogP contribution in [0.3, 0.4) is 0 Å². The molecule has 15 heavy (non-hydrogen) atoms. The Morgan fingerprint density at radius 1 is 1.47 bits per heavy atom. The van der Waals surface area contributed by atoms with Crippen molar-refractivity contribution in [3.63, 3.8) is 0 Å². The minimum absolute atomic E-state index is 0.586. The molecule has 0 saturated heterocycles. The van der Waals surface area contributed by atoms with Gasteiger partial charge in [0.25, 0.3) is 0 Å². The first kappa shape index (κ1) is 10.4. The third-order valence-electron chi connectivity index (χ3n) is 3.07. The highest BCUT2D eigenvalue weighted by molar-refractivity contribution is 5.36. The molecule has 0 spiro atoms. The lowest BCUT2D eigenvalue weighted by Gasteiger charge is -2.32. The summed E-state index contributed by atoms with van der Waals surface area (Å²) in [5.41, 5.74) is 2.65. The number of aromatic nitrogens is 1. The second-order valence-corrected chi connectivity index (χ2v) is 4.27. The summed E-state index contributed by atoms with van der Waals surface area (Å²) in [7, 11) is 1.69. The maximum Gasteiger partial charge on any atom is 0.217 e. The molecule has 0 N–H and O–H groups in total. The van der Waals surface area contributed by atoms with Gasteiger partial charge in [0.15, 0.2) is 0 Å². The van der Waals surface area contributed by atoms with Gasteiger partial charge >= 0.3 is 0 Å². The zero-order chi connectivity index (χ0) is 10.8. The standard InChI is InChI=1S/C12H18N2O/c1-9(2)14-7-5-10-4-6-13-12(15-3)11(10)8-14/h4,6,9H,5,7-8H2,1-3H3. The van der Waals surface area contributed by atoms with Gasteiger partial charge in [-0.15, -0.1) is 0 Å². The third kappa shape index (κ3) is 1.97. The van der Waals surface area contributed by atoms with Crippen LogP contribution in [0.15, 0.2) is 12.3 Å². The summed E-state index contributed by atoms with van der Waals surface area (Å²) in [6.45, 7) is 6.56. The molecule has 82 valence electrons. The summed E-state index contributed by atoms with van der Waals surface area (Å²) in [6.07, 6.45) is 2.94. The molecule has 0 fully saturated rings. The molecule has 0 saturated carbocycles. The van der Waals surface area contributed by atoms with Crippen LogP contribution < -0.4 is 4.74 Å². The molecule has 0 radical (unpaired) electrons. The van der Waals surface area contributed by atoms with E-state index in [1.54, 1.807) is 7.11 Å². The van der Waals surface area contributed by atoms with Crippen LogP contribution in [0.25, 0.3) is 0 Å². The Balaban J connectivity index is 2.30. The lowest BCUT2D eigenvalue weighted by Crippen LogP contribution is -2.36. The Kier molecular flexibility index (Phi) is 2.91. The molecule has 3 heteroatoms. The van der Waals surface area contributed by atoms with Gasteiger partial charge in [0.1, 0.15) is 0 Å². The second-order valence-electron chi connectivity index (χ2n) is 4.27. The van der Waals surface area contributed by atoms with E-state index in [1.165, 1.54) is 11.1 Å². The molecule has 0 bridgehead atoms. The molecule has 0 aromatic carbocycles. The molecule has 2 rings (SSSR count). The summed E-state index contributed by atoms with van der Waals surface area (Å²) < 4.78 is 5.30. The van der Waals surface area contributed by atoms with E-state index in [0.717, 1.165) is 25.4 Å². The van der Waals surface area contributed by atoms with Crippen molar-refractivity contribution < 1.29 is 4.74 Å². The normalized spacial score (nSPS) is 16.5. The van der Waals surface area contributed by atoms with E-state index < -0.39 is 0 Å². The van der Waals surface area contributed by atoms with Gasteiger partial charge in [-0.1, -0.05) is 0 Å². The summed E-state index contributed by atoms with van der Waals surface area (Å²) >= 11 is 0. The number of ether oxygens (including phenoxy) is 1. The van der Waals surface area contributed by atoms with Crippen LogP contribution in [0, 0.1) is 0 Å². The van der Waals surface area contributed by atoms with E-state index in [9.17, 15) is 0 Å². The number of methoxy groups -OCH3 is 1. The Morgan fingerprint density at radius 2 is 2.27 bits per heavy atom. The predicted molar refractivity (Wildman–Crippen MR) is 60.0 cm³/mol. The smallest absolute Gasteiger partial charge is 0.217 e. The molecular formula is C12H18N2O. The Bertz CT molecular complexity index is 335. The Hall–Kier alpha value is -1.09. The molecule has 0 unspecified atom stereocenters. The number of hydrogen-bond donors (Lipinski definition) is 0. The maximum atomic E-state index is 5.30. The highest BCUT2D eigenvalue weighted by Crippen LogP contribution is 2.26. The number of rotatable bonds is 2. The van der Waals surface area contributed by atoms with E-state index in [1.807, 2.05) is 6.20 Å². The number of nitrogens with zero attached hydrogens (tertiary/aromatic N) is 2. The lowest BCUT2D eigenvalue weighted by molar-refractivity contribution is 0.199. The monoisotopic (exact) mass is 206 g/mol. The summed E-state index contributed by atoms with van der Waals surface area (Å²) in [5, 5.41) is 0. The van der Waals surface area contributed by atoms with Gasteiger partial charge < -0.3 is 4.74 Å². The van der Waals surface area contributed by atoms with Gasteiger partial charge in [-0.2, -0.15) is 0 Å². The molecule has 1 aliphatic rings. The largest absolute Gasteiger partial charge is 0.481 e. The second kappa shape index (κ2) is 4.19. The predicted octanol–water partition coefficient (Wildman–Crippen LogP) is 1.86. The van der Waals surface area contributed by atoms with Gasteiger partial charge in [-0.05, 0) is 31.9 Å². The van der Waals surface area contributed by atoms with Crippen molar-refractivity contribution >= 4 is 0 Å². The van der Waals surface area contributed by atoms with Gasteiger partial charge in [0.2, 0.25) is 5.88 Å². The highest BCUT2D eigenvalue weighted by Gasteiger charge is 2.21. The van der Waals surface area contributed by atoms with E-state index in [0.29, 0.717) is 6.04 Å². The topological polar surface area (TPSA) is 25.4 Å². The zero-order valence-corrected chi connectivity index (χ0v) is 9.66. The van der Waals surface area contributed by atoms with Gasteiger partial charge in [-0.25, -0.2) is 4.98 Å². The molecular weight excluding hydrogens is 188 g/mol. The van der Waals surface area contributed by atoms with Crippen molar-refractivity contribution in [2.75, 3.05) is 13.7 Å². The minimum atomic E-state index is 0.586. The van der Waals surface area contributed by atoms with Crippen molar-refractivity contribution in [1.29, 1.82) is 0 Å². The first-order chi connectivity index (χ1) is 7.22. The van der Waals surface area contributed by atoms with Crippen LogP contribution in [0.1, 0.15) is 25.0 Å². The number of pyridine rings is 1. The number of fused-ring (bicyclic) bond motifs is 1. The van der Waals surface area contributed by atoms with Crippen LogP contribution in [0.2, 0.25) is 0 Å². The quantitative estimate of drug-likeness (QED) is 0.738. The van der Waals surface area contributed by atoms with Gasteiger partial charge in [0, 0.05) is 30.9 Å². The van der Waals surface area contributed by atoms with E-state index in [-0.39, 0.29) is 0 Å². The van der Waals surface area contributed by atoms with Crippen LogP contribution in [0.5, 0.6) is 5.88 Å². The van der Waals surface area contributed by atoms with Gasteiger partial charge in [-0.3, -0.25) is 4.90 Å². The van der Waals surface area contributed by atoms with E-state index in [2.05, 4.69) is 29.8 Å². The highest BCUT2D eigenvalue weighted by atomic mass is 16.5. The van der Waals surface area contributed by atoms with Crippen molar-refractivity contribution in [1.82, 2.24) is 9.88 Å². The summed E-state index contributed by atoms with van der Waals surface area (Å²) in [6, 6.07) is 2.69. The van der Waals surface area contributed by atoms with Crippen LogP contribution >= 0.6 is 0 Å². The molecule has 1 aromatic rings. The summed E-state index contributed by atoms with van der Waals surface area (Å²) in [4.78, 5) is 6.71. The minimum Gasteiger partial charge on any atom is -0.481 e. The lowest BCUT2D eigenvalue weighted by atomic mass is 10.0. The fraction of sp³-hybridized carbons (Fsp3) is 0.583. The van der Waals surface area contributed by atoms with Crippen molar-refractivity contribution in [2.24, 2.45) is 0 Å². The molecule has 0 aliphatic carbocycles. The Labute approximate surface area is 91.1 Å². The Morgan fingerprint density at radius 3 is 2.93 bits per heavy atom. The van der Waals surface area contributed by atoms with Crippen molar-refractivity contribution in [2.45, 2.75) is 32.9 Å². The van der Waals surface area contributed by atoms with Crippen molar-refractivity contribution in [3.05, 3.63) is 23.4 Å². The molecule has 2 heterocycles. The SMILES string of the molecule is COc1nccc2c1CN(C(C)C)CC2. The third-order valence-corrected chi connectivity index (χ3v) is 3.07. The maximum absolute atomic E-state index is 5.30. The van der Waals surface area contributed by atoms with Gasteiger partial charge in [0.05, 0.1) is 7.11 Å². The van der Waals surface area contributed by atoms with Crippen LogP contribution in [0.4, 0.5) is 0 Å². The molecule has 0 amide bonds. The van der Waals surface area contributed by atoms with E-state index in [4.69, 9.17) is 4.74 Å².